The normalized spacial score (nSPS) is 19.6. The largest absolute Gasteiger partial charge is 0.304 e. The van der Waals surface area contributed by atoms with Crippen LogP contribution in [-0.4, -0.2) is 43.1 Å². The Morgan fingerprint density at radius 3 is 2.32 bits per heavy atom. The Morgan fingerprint density at radius 1 is 1.05 bits per heavy atom. The molecule has 1 saturated heterocycles. The van der Waals surface area contributed by atoms with Crippen molar-refractivity contribution in [3.05, 3.63) is 32.8 Å². The molecule has 1 heterocycles. The van der Waals surface area contributed by atoms with Crippen LogP contribution in [0.5, 0.6) is 0 Å². The first kappa shape index (κ1) is 15.4. The molecule has 1 unspecified atom stereocenters. The second-order valence-corrected chi connectivity index (χ2v) is 6.07. The Bertz CT molecular complexity index is 445. The predicted molar refractivity (Wildman–Crippen MR) is 82.1 cm³/mol. The minimum Gasteiger partial charge on any atom is -0.304 e. The molecule has 0 aliphatic carbocycles. The molecule has 0 spiro atoms. The van der Waals surface area contributed by atoms with Crippen molar-refractivity contribution in [2.75, 3.05) is 33.2 Å². The van der Waals surface area contributed by atoms with Gasteiger partial charge in [-0.2, -0.15) is 0 Å². The fraction of sp³-hybridized carbons (Fsp3) is 0.538. The van der Waals surface area contributed by atoms with Crippen molar-refractivity contribution < 1.29 is 0 Å². The molecular formula is C13H18Cl3N3. The zero-order valence-electron chi connectivity index (χ0n) is 11.1. The number of nitrogens with zero attached hydrogens (tertiary/aromatic N) is 2. The van der Waals surface area contributed by atoms with Crippen LogP contribution in [0, 0.1) is 0 Å². The van der Waals surface area contributed by atoms with Gasteiger partial charge in [0.15, 0.2) is 0 Å². The summed E-state index contributed by atoms with van der Waals surface area (Å²) in [5, 5.41) is 3.67. The summed E-state index contributed by atoms with van der Waals surface area (Å²) in [5.74, 6) is 0. The van der Waals surface area contributed by atoms with Gasteiger partial charge in [-0.05, 0) is 25.6 Å². The molecule has 2 rings (SSSR count). The summed E-state index contributed by atoms with van der Waals surface area (Å²) in [7, 11) is 2.14. The van der Waals surface area contributed by atoms with Crippen molar-refractivity contribution in [2.45, 2.75) is 13.0 Å². The predicted octanol–water partition coefficient (Wildman–Crippen LogP) is 3.46. The van der Waals surface area contributed by atoms with E-state index < -0.39 is 0 Å². The maximum atomic E-state index is 6.25. The third-order valence-electron chi connectivity index (χ3n) is 3.41. The van der Waals surface area contributed by atoms with Crippen LogP contribution in [0.2, 0.25) is 15.1 Å². The number of hydrazine groups is 1. The van der Waals surface area contributed by atoms with E-state index in [4.69, 9.17) is 34.8 Å². The number of piperazine rings is 1. The zero-order chi connectivity index (χ0) is 14.0. The van der Waals surface area contributed by atoms with Crippen molar-refractivity contribution in [3.63, 3.8) is 0 Å². The lowest BCUT2D eigenvalue weighted by Gasteiger charge is -2.34. The fourth-order valence-electron chi connectivity index (χ4n) is 2.15. The van der Waals surface area contributed by atoms with E-state index in [9.17, 15) is 0 Å². The lowest BCUT2D eigenvalue weighted by atomic mass is 10.1. The Kier molecular flexibility index (Phi) is 5.35. The number of rotatable bonds is 3. The second-order valence-electron chi connectivity index (χ2n) is 4.91. The van der Waals surface area contributed by atoms with Gasteiger partial charge >= 0.3 is 0 Å². The topological polar surface area (TPSA) is 18.5 Å². The fourth-order valence-corrected chi connectivity index (χ4v) is 2.86. The van der Waals surface area contributed by atoms with E-state index in [2.05, 4.69) is 29.3 Å². The van der Waals surface area contributed by atoms with Gasteiger partial charge in [-0.25, -0.2) is 10.4 Å². The Labute approximate surface area is 129 Å². The Morgan fingerprint density at radius 2 is 1.68 bits per heavy atom. The van der Waals surface area contributed by atoms with Gasteiger partial charge in [-0.3, -0.25) is 0 Å². The van der Waals surface area contributed by atoms with Crippen molar-refractivity contribution in [1.82, 2.24) is 15.3 Å². The van der Waals surface area contributed by atoms with Crippen LogP contribution in [0.25, 0.3) is 0 Å². The van der Waals surface area contributed by atoms with Crippen LogP contribution < -0.4 is 5.43 Å². The summed E-state index contributed by atoms with van der Waals surface area (Å²) < 4.78 is 0. The van der Waals surface area contributed by atoms with Crippen LogP contribution >= 0.6 is 34.8 Å². The number of nitrogens with one attached hydrogen (secondary N) is 1. The van der Waals surface area contributed by atoms with Gasteiger partial charge in [0.05, 0.1) is 15.1 Å². The molecule has 1 aliphatic heterocycles. The molecule has 0 saturated carbocycles. The van der Waals surface area contributed by atoms with E-state index in [1.165, 1.54) is 0 Å². The molecule has 1 fully saturated rings. The first-order valence-electron chi connectivity index (χ1n) is 6.32. The van der Waals surface area contributed by atoms with E-state index in [1.54, 1.807) is 6.07 Å². The van der Waals surface area contributed by atoms with Crippen LogP contribution in [-0.2, 0) is 0 Å². The highest BCUT2D eigenvalue weighted by atomic mass is 35.5. The van der Waals surface area contributed by atoms with Gasteiger partial charge in [-0.15, -0.1) is 0 Å². The van der Waals surface area contributed by atoms with Crippen LogP contribution in [0.15, 0.2) is 12.1 Å². The minimum absolute atomic E-state index is 0.102. The first-order chi connectivity index (χ1) is 8.99. The van der Waals surface area contributed by atoms with E-state index >= 15 is 0 Å². The highest BCUT2D eigenvalue weighted by Crippen LogP contribution is 2.35. The van der Waals surface area contributed by atoms with Crippen molar-refractivity contribution in [2.24, 2.45) is 0 Å². The molecule has 6 heteroatoms. The number of hydrogen-bond donors (Lipinski definition) is 1. The molecule has 1 aliphatic rings. The van der Waals surface area contributed by atoms with Gasteiger partial charge in [-0.1, -0.05) is 40.9 Å². The molecular weight excluding hydrogens is 305 g/mol. The smallest absolute Gasteiger partial charge is 0.0781 e. The standard InChI is InChI=1S/C13H18Cl3N3/c1-9(17-19-7-5-18(2)6-8-19)10-3-4-11(14)13(16)12(10)15/h3-4,9,17H,5-8H2,1-2H3. The molecule has 1 aromatic rings. The van der Waals surface area contributed by atoms with Crippen molar-refractivity contribution in [3.8, 4) is 0 Å². The molecule has 106 valence electrons. The molecule has 1 atom stereocenters. The van der Waals surface area contributed by atoms with Crippen molar-refractivity contribution in [1.29, 1.82) is 0 Å². The Hall–Kier alpha value is -0.0300. The summed E-state index contributed by atoms with van der Waals surface area (Å²) in [4.78, 5) is 2.31. The summed E-state index contributed by atoms with van der Waals surface area (Å²) in [6.07, 6.45) is 0. The lowest BCUT2D eigenvalue weighted by molar-refractivity contribution is 0.0899. The molecule has 0 bridgehead atoms. The highest BCUT2D eigenvalue weighted by Gasteiger charge is 2.19. The van der Waals surface area contributed by atoms with Crippen LogP contribution in [0.1, 0.15) is 18.5 Å². The molecule has 0 aromatic heterocycles. The average molecular weight is 323 g/mol. The second kappa shape index (κ2) is 6.61. The number of benzene rings is 1. The molecule has 0 amide bonds. The van der Waals surface area contributed by atoms with Gasteiger partial charge in [0.25, 0.3) is 0 Å². The molecule has 1 N–H and O–H groups in total. The lowest BCUT2D eigenvalue weighted by Crippen LogP contribution is -2.51. The van der Waals surface area contributed by atoms with Gasteiger partial charge in [0.2, 0.25) is 0 Å². The quantitative estimate of drug-likeness (QED) is 0.860. The molecule has 0 radical (unpaired) electrons. The van der Waals surface area contributed by atoms with E-state index in [0.717, 1.165) is 31.7 Å². The number of halogens is 3. The van der Waals surface area contributed by atoms with Crippen LogP contribution in [0.4, 0.5) is 0 Å². The van der Waals surface area contributed by atoms with E-state index in [-0.39, 0.29) is 6.04 Å². The van der Waals surface area contributed by atoms with Crippen LogP contribution in [0.3, 0.4) is 0 Å². The summed E-state index contributed by atoms with van der Waals surface area (Å²) >= 11 is 18.3. The molecule has 3 nitrogen and oxygen atoms in total. The zero-order valence-corrected chi connectivity index (χ0v) is 13.4. The van der Waals surface area contributed by atoms with Gasteiger partial charge in [0, 0.05) is 32.2 Å². The SMILES string of the molecule is CC(NN1CCN(C)CC1)c1ccc(Cl)c(Cl)c1Cl. The van der Waals surface area contributed by atoms with E-state index in [0.29, 0.717) is 15.1 Å². The third-order valence-corrected chi connectivity index (χ3v) is 4.72. The Balaban J connectivity index is 2.04. The van der Waals surface area contributed by atoms with Gasteiger partial charge < -0.3 is 4.90 Å². The van der Waals surface area contributed by atoms with E-state index in [1.807, 2.05) is 6.07 Å². The monoisotopic (exact) mass is 321 g/mol. The first-order valence-corrected chi connectivity index (χ1v) is 7.45. The minimum atomic E-state index is 0.102. The summed E-state index contributed by atoms with van der Waals surface area (Å²) in [5.41, 5.74) is 4.43. The van der Waals surface area contributed by atoms with Crippen molar-refractivity contribution >= 4 is 34.8 Å². The summed E-state index contributed by atoms with van der Waals surface area (Å²) in [6, 6.07) is 3.81. The summed E-state index contributed by atoms with van der Waals surface area (Å²) in [6.45, 7) is 6.20. The highest BCUT2D eigenvalue weighted by molar-refractivity contribution is 6.48. The average Bonchev–Trinajstić information content (AvgIpc) is 2.39. The molecule has 19 heavy (non-hydrogen) atoms. The third kappa shape index (κ3) is 3.75. The maximum Gasteiger partial charge on any atom is 0.0781 e. The number of hydrogen-bond acceptors (Lipinski definition) is 3. The number of likely N-dealkylation sites (N-methyl/N-ethyl adjacent to an activating group) is 1. The maximum absolute atomic E-state index is 6.25. The van der Waals surface area contributed by atoms with Gasteiger partial charge in [0.1, 0.15) is 0 Å². The molecule has 1 aromatic carbocycles.